The molecule has 0 amide bonds. The maximum atomic E-state index is 12.3. The monoisotopic (exact) mass is 361 g/mol. The number of thiazole rings is 1. The van der Waals surface area contributed by atoms with Crippen LogP contribution in [0.1, 0.15) is 43.7 Å². The molecule has 0 saturated carbocycles. The number of fused-ring (bicyclic) bond motifs is 1. The number of rotatable bonds is 5. The van der Waals surface area contributed by atoms with Gasteiger partial charge in [0.1, 0.15) is 0 Å². The zero-order valence-electron chi connectivity index (χ0n) is 15.3. The molecule has 6 heteroatoms. The van der Waals surface area contributed by atoms with Gasteiger partial charge < -0.3 is 5.11 Å². The smallest absolute Gasteiger partial charge is 0.258 e. The Hall–Kier alpha value is -1.50. The molecule has 1 aliphatic rings. The van der Waals surface area contributed by atoms with Crippen LogP contribution in [0.15, 0.2) is 28.7 Å². The van der Waals surface area contributed by atoms with E-state index in [9.17, 15) is 9.90 Å². The third kappa shape index (κ3) is 4.19. The van der Waals surface area contributed by atoms with Gasteiger partial charge in [-0.1, -0.05) is 11.6 Å². The van der Waals surface area contributed by atoms with Gasteiger partial charge in [0.05, 0.1) is 12.3 Å². The minimum absolute atomic E-state index is 0.0145. The van der Waals surface area contributed by atoms with Gasteiger partial charge in [-0.05, 0) is 46.6 Å². The molecule has 0 aromatic carbocycles. The quantitative estimate of drug-likeness (QED) is 0.832. The third-order valence-corrected chi connectivity index (χ3v) is 5.84. The SMILES string of the molecule is CC(C)=CCC1(CO)CCCN(Cc2cc(=O)n3cc(C)sc3n2)C1. The van der Waals surface area contributed by atoms with E-state index in [0.29, 0.717) is 6.54 Å². The highest BCUT2D eigenvalue weighted by Crippen LogP contribution is 2.34. The molecule has 1 unspecified atom stereocenters. The van der Waals surface area contributed by atoms with E-state index in [-0.39, 0.29) is 17.6 Å². The molecule has 5 nitrogen and oxygen atoms in total. The molecule has 0 radical (unpaired) electrons. The van der Waals surface area contributed by atoms with E-state index >= 15 is 0 Å². The summed E-state index contributed by atoms with van der Waals surface area (Å²) in [5.74, 6) is 0. The van der Waals surface area contributed by atoms with E-state index in [2.05, 4.69) is 29.8 Å². The van der Waals surface area contributed by atoms with Crippen molar-refractivity contribution >= 4 is 16.3 Å². The molecule has 1 fully saturated rings. The summed E-state index contributed by atoms with van der Waals surface area (Å²) in [7, 11) is 0. The number of piperidine rings is 1. The molecule has 1 atom stereocenters. The number of aryl methyl sites for hydroxylation is 1. The summed E-state index contributed by atoms with van der Waals surface area (Å²) >= 11 is 1.54. The summed E-state index contributed by atoms with van der Waals surface area (Å²) in [5.41, 5.74) is 2.02. The average Bonchev–Trinajstić information content (AvgIpc) is 2.94. The number of aliphatic hydroxyl groups is 1. The standard InChI is InChI=1S/C19H27N3O2S/c1-14(2)5-7-19(13-23)6-4-8-21(12-19)11-16-9-17(24)22-10-15(3)25-18(22)20-16/h5,9-10,23H,4,6-8,11-13H2,1-3H3. The lowest BCUT2D eigenvalue weighted by Gasteiger charge is -2.41. The molecule has 25 heavy (non-hydrogen) atoms. The van der Waals surface area contributed by atoms with Gasteiger partial charge >= 0.3 is 0 Å². The van der Waals surface area contributed by atoms with Gasteiger partial charge in [-0.25, -0.2) is 4.98 Å². The van der Waals surface area contributed by atoms with E-state index < -0.39 is 0 Å². The molecule has 3 rings (SSSR count). The number of aromatic nitrogens is 2. The number of aliphatic hydroxyl groups excluding tert-OH is 1. The van der Waals surface area contributed by atoms with E-state index in [1.165, 1.54) is 5.57 Å². The fourth-order valence-electron chi connectivity index (χ4n) is 3.59. The largest absolute Gasteiger partial charge is 0.396 e. The number of hydrogen-bond acceptors (Lipinski definition) is 5. The molecular formula is C19H27N3O2S. The van der Waals surface area contributed by atoms with E-state index in [4.69, 9.17) is 0 Å². The normalized spacial score (nSPS) is 21.6. The predicted octanol–water partition coefficient (Wildman–Crippen LogP) is 3.00. The van der Waals surface area contributed by atoms with E-state index in [0.717, 1.165) is 47.9 Å². The summed E-state index contributed by atoms with van der Waals surface area (Å²) < 4.78 is 1.62. The molecule has 0 aliphatic carbocycles. The first-order valence-electron chi connectivity index (χ1n) is 8.86. The molecule has 1 N–H and O–H groups in total. The van der Waals surface area contributed by atoms with Crippen molar-refractivity contribution in [2.45, 2.75) is 46.6 Å². The van der Waals surface area contributed by atoms with Crippen molar-refractivity contribution in [1.29, 1.82) is 0 Å². The molecule has 2 aromatic heterocycles. The molecule has 3 heterocycles. The summed E-state index contributed by atoms with van der Waals surface area (Å²) in [6, 6.07) is 1.64. The Bertz CT molecular complexity index is 835. The van der Waals surface area contributed by atoms with Crippen LogP contribution in [0.2, 0.25) is 0 Å². The predicted molar refractivity (Wildman–Crippen MR) is 102 cm³/mol. The second kappa shape index (κ2) is 7.40. The van der Waals surface area contributed by atoms with Crippen molar-refractivity contribution in [1.82, 2.24) is 14.3 Å². The molecule has 1 saturated heterocycles. The summed E-state index contributed by atoms with van der Waals surface area (Å²) in [5, 5.41) is 10.0. The zero-order chi connectivity index (χ0) is 18.0. The lowest BCUT2D eigenvalue weighted by molar-refractivity contribution is 0.0302. The Kier molecular flexibility index (Phi) is 5.41. The number of hydrogen-bond donors (Lipinski definition) is 1. The highest BCUT2D eigenvalue weighted by molar-refractivity contribution is 7.16. The molecule has 136 valence electrons. The summed E-state index contributed by atoms with van der Waals surface area (Å²) in [6.07, 6.45) is 7.09. The number of likely N-dealkylation sites (tertiary alicyclic amines) is 1. The summed E-state index contributed by atoms with van der Waals surface area (Å²) in [6.45, 7) is 8.88. The Morgan fingerprint density at radius 3 is 3.00 bits per heavy atom. The van der Waals surface area contributed by atoms with Gasteiger partial charge in [0.25, 0.3) is 5.56 Å². The highest BCUT2D eigenvalue weighted by atomic mass is 32.1. The fourth-order valence-corrected chi connectivity index (χ4v) is 4.44. The highest BCUT2D eigenvalue weighted by Gasteiger charge is 2.34. The van der Waals surface area contributed by atoms with Gasteiger partial charge in [-0.3, -0.25) is 14.1 Å². The van der Waals surface area contributed by atoms with Crippen LogP contribution in [-0.2, 0) is 6.54 Å². The Balaban J connectivity index is 1.78. The second-order valence-corrected chi connectivity index (χ2v) is 8.75. The molecule has 0 spiro atoms. The van der Waals surface area contributed by atoms with Gasteiger partial charge in [0.15, 0.2) is 4.96 Å². The van der Waals surface area contributed by atoms with Crippen LogP contribution in [0.5, 0.6) is 0 Å². The van der Waals surface area contributed by atoms with Gasteiger partial charge in [-0.2, -0.15) is 0 Å². The number of allylic oxidation sites excluding steroid dienone is 2. The van der Waals surface area contributed by atoms with Crippen LogP contribution in [-0.4, -0.2) is 39.1 Å². The third-order valence-electron chi connectivity index (χ3n) is 4.94. The first kappa shape index (κ1) is 18.3. The topological polar surface area (TPSA) is 57.8 Å². The average molecular weight is 362 g/mol. The van der Waals surface area contributed by atoms with Crippen molar-refractivity contribution < 1.29 is 5.11 Å². The van der Waals surface area contributed by atoms with Gasteiger partial charge in [-0.15, -0.1) is 11.3 Å². The molecular weight excluding hydrogens is 334 g/mol. The second-order valence-electron chi connectivity index (χ2n) is 7.54. The van der Waals surface area contributed by atoms with Gasteiger partial charge in [0, 0.05) is 35.6 Å². The van der Waals surface area contributed by atoms with Gasteiger partial charge in [0.2, 0.25) is 0 Å². The van der Waals surface area contributed by atoms with Crippen LogP contribution < -0.4 is 5.56 Å². The summed E-state index contributed by atoms with van der Waals surface area (Å²) in [4.78, 5) is 21.1. The molecule has 2 aromatic rings. The van der Waals surface area contributed by atoms with E-state index in [1.807, 2.05) is 13.1 Å². The number of nitrogens with zero attached hydrogens (tertiary/aromatic N) is 3. The van der Waals surface area contributed by atoms with Crippen molar-refractivity contribution in [3.8, 4) is 0 Å². The minimum atomic E-state index is -0.0752. The minimum Gasteiger partial charge on any atom is -0.396 e. The lowest BCUT2D eigenvalue weighted by atomic mass is 9.77. The Morgan fingerprint density at radius 1 is 1.48 bits per heavy atom. The molecule has 1 aliphatic heterocycles. The van der Waals surface area contributed by atoms with Crippen molar-refractivity contribution in [2.24, 2.45) is 5.41 Å². The lowest BCUT2D eigenvalue weighted by Crippen LogP contribution is -2.45. The molecule has 0 bridgehead atoms. The Labute approximate surface area is 152 Å². The van der Waals surface area contributed by atoms with Crippen LogP contribution >= 0.6 is 11.3 Å². The van der Waals surface area contributed by atoms with Crippen LogP contribution in [0.25, 0.3) is 4.96 Å². The fraction of sp³-hybridized carbons (Fsp3) is 0.579. The van der Waals surface area contributed by atoms with Crippen LogP contribution in [0, 0.1) is 12.3 Å². The first-order valence-corrected chi connectivity index (χ1v) is 9.68. The van der Waals surface area contributed by atoms with Crippen molar-refractivity contribution in [2.75, 3.05) is 19.7 Å². The van der Waals surface area contributed by atoms with Crippen molar-refractivity contribution in [3.63, 3.8) is 0 Å². The zero-order valence-corrected chi connectivity index (χ0v) is 16.1. The van der Waals surface area contributed by atoms with Crippen molar-refractivity contribution in [3.05, 3.63) is 44.8 Å². The Morgan fingerprint density at radius 2 is 2.28 bits per heavy atom. The van der Waals surface area contributed by atoms with Crippen LogP contribution in [0.3, 0.4) is 0 Å². The van der Waals surface area contributed by atoms with Crippen LogP contribution in [0.4, 0.5) is 0 Å². The maximum Gasteiger partial charge on any atom is 0.258 e. The van der Waals surface area contributed by atoms with E-state index in [1.54, 1.807) is 21.8 Å². The first-order chi connectivity index (χ1) is 11.9. The maximum absolute atomic E-state index is 12.3.